The van der Waals surface area contributed by atoms with Crippen molar-refractivity contribution in [2.45, 2.75) is 19.9 Å². The molecule has 5 nitrogen and oxygen atoms in total. The van der Waals surface area contributed by atoms with E-state index in [-0.39, 0.29) is 23.4 Å². The molecular weight excluding hydrogens is 232 g/mol. The number of benzene rings is 1. The molecule has 0 aliphatic carbocycles. The summed E-state index contributed by atoms with van der Waals surface area (Å²) in [6.07, 6.45) is 0. The fraction of sp³-hybridized carbons (Fsp3) is 0.231. The molecule has 0 unspecified atom stereocenters. The summed E-state index contributed by atoms with van der Waals surface area (Å²) in [5.41, 5.74) is 0.896. The molecule has 0 bridgehead atoms. The summed E-state index contributed by atoms with van der Waals surface area (Å²) in [5, 5.41) is 15.8. The lowest BCUT2D eigenvalue weighted by atomic mass is 10.1. The van der Waals surface area contributed by atoms with Gasteiger partial charge in [-0.2, -0.15) is 0 Å². The molecule has 1 aromatic heterocycles. The zero-order valence-corrected chi connectivity index (χ0v) is 10.2. The van der Waals surface area contributed by atoms with Crippen LogP contribution in [0.3, 0.4) is 0 Å². The predicted molar refractivity (Wildman–Crippen MR) is 66.2 cm³/mol. The molecular formula is C13H14N2O3. The second kappa shape index (κ2) is 4.91. The number of phenols is 1. The van der Waals surface area contributed by atoms with Crippen LogP contribution in [0.4, 0.5) is 0 Å². The highest BCUT2D eigenvalue weighted by Gasteiger charge is 2.14. The highest BCUT2D eigenvalue weighted by Crippen LogP contribution is 2.23. The normalized spacial score (nSPS) is 10.6. The van der Waals surface area contributed by atoms with E-state index < -0.39 is 0 Å². The van der Waals surface area contributed by atoms with Crippen LogP contribution in [0.25, 0.3) is 11.3 Å². The number of aromatic hydroxyl groups is 1. The highest BCUT2D eigenvalue weighted by molar-refractivity contribution is 5.93. The first-order chi connectivity index (χ1) is 8.56. The van der Waals surface area contributed by atoms with Gasteiger partial charge in [0.1, 0.15) is 5.75 Å². The van der Waals surface area contributed by atoms with Gasteiger partial charge in [-0.05, 0) is 26.0 Å². The molecule has 0 fully saturated rings. The Morgan fingerprint density at radius 1 is 1.39 bits per heavy atom. The maximum Gasteiger partial charge on any atom is 0.273 e. The molecule has 0 saturated carbocycles. The Balaban J connectivity index is 2.23. The number of carbonyl (C=O) groups excluding carboxylic acids is 1. The summed E-state index contributed by atoms with van der Waals surface area (Å²) in [6.45, 7) is 3.74. The molecule has 1 aromatic carbocycles. The van der Waals surface area contributed by atoms with Gasteiger partial charge < -0.3 is 14.9 Å². The lowest BCUT2D eigenvalue weighted by molar-refractivity contribution is 0.0934. The highest BCUT2D eigenvalue weighted by atomic mass is 16.5. The molecule has 94 valence electrons. The third kappa shape index (κ3) is 2.68. The number of rotatable bonds is 3. The van der Waals surface area contributed by atoms with Crippen LogP contribution in [0.15, 0.2) is 34.9 Å². The van der Waals surface area contributed by atoms with Crippen molar-refractivity contribution in [3.05, 3.63) is 36.0 Å². The number of nitrogens with one attached hydrogen (secondary N) is 1. The summed E-state index contributed by atoms with van der Waals surface area (Å²) in [7, 11) is 0. The van der Waals surface area contributed by atoms with Crippen LogP contribution in [0, 0.1) is 0 Å². The molecule has 5 heteroatoms. The number of phenolic OH excluding ortho intramolecular Hbond substituents is 1. The van der Waals surface area contributed by atoms with Crippen molar-refractivity contribution in [1.29, 1.82) is 0 Å². The lowest BCUT2D eigenvalue weighted by Gasteiger charge is -2.04. The van der Waals surface area contributed by atoms with E-state index in [1.807, 2.05) is 13.8 Å². The Bertz CT molecular complexity index is 561. The van der Waals surface area contributed by atoms with Gasteiger partial charge in [0.05, 0.1) is 0 Å². The molecule has 2 N–H and O–H groups in total. The number of aromatic nitrogens is 1. The van der Waals surface area contributed by atoms with Gasteiger partial charge in [0, 0.05) is 17.7 Å². The second-order valence-corrected chi connectivity index (χ2v) is 4.25. The van der Waals surface area contributed by atoms with Crippen LogP contribution in [0.2, 0.25) is 0 Å². The summed E-state index contributed by atoms with van der Waals surface area (Å²) in [5.74, 6) is 0.303. The van der Waals surface area contributed by atoms with Crippen molar-refractivity contribution in [2.75, 3.05) is 0 Å². The van der Waals surface area contributed by atoms with Gasteiger partial charge in [0.15, 0.2) is 11.5 Å². The van der Waals surface area contributed by atoms with E-state index in [9.17, 15) is 9.90 Å². The minimum atomic E-state index is -0.278. The first-order valence-electron chi connectivity index (χ1n) is 5.63. The van der Waals surface area contributed by atoms with Crippen molar-refractivity contribution in [3.8, 4) is 17.1 Å². The Morgan fingerprint density at radius 3 is 2.83 bits per heavy atom. The predicted octanol–water partition coefficient (Wildman–Crippen LogP) is 2.19. The van der Waals surface area contributed by atoms with Crippen LogP contribution in [0.5, 0.6) is 5.75 Å². The maximum atomic E-state index is 11.7. The summed E-state index contributed by atoms with van der Waals surface area (Å²) < 4.78 is 5.09. The quantitative estimate of drug-likeness (QED) is 0.870. The van der Waals surface area contributed by atoms with E-state index in [2.05, 4.69) is 10.5 Å². The third-order valence-electron chi connectivity index (χ3n) is 2.29. The fourth-order valence-electron chi connectivity index (χ4n) is 1.51. The Kier molecular flexibility index (Phi) is 3.32. The van der Waals surface area contributed by atoms with E-state index in [0.29, 0.717) is 11.3 Å². The topological polar surface area (TPSA) is 75.4 Å². The first kappa shape index (κ1) is 12.2. The van der Waals surface area contributed by atoms with E-state index in [0.717, 1.165) is 0 Å². The number of amides is 1. The number of hydrogen-bond donors (Lipinski definition) is 2. The van der Waals surface area contributed by atoms with Gasteiger partial charge in [-0.1, -0.05) is 17.3 Å². The Morgan fingerprint density at radius 2 is 2.17 bits per heavy atom. The van der Waals surface area contributed by atoms with Crippen LogP contribution in [0.1, 0.15) is 24.3 Å². The summed E-state index contributed by atoms with van der Waals surface area (Å²) in [4.78, 5) is 11.7. The van der Waals surface area contributed by atoms with Gasteiger partial charge in [-0.15, -0.1) is 0 Å². The average molecular weight is 246 g/mol. The smallest absolute Gasteiger partial charge is 0.273 e. The molecule has 2 rings (SSSR count). The summed E-state index contributed by atoms with van der Waals surface area (Å²) in [6, 6.07) is 8.16. The van der Waals surface area contributed by atoms with Crippen LogP contribution >= 0.6 is 0 Å². The van der Waals surface area contributed by atoms with Crippen LogP contribution in [-0.4, -0.2) is 22.2 Å². The molecule has 1 heterocycles. The van der Waals surface area contributed by atoms with Gasteiger partial charge in [0.25, 0.3) is 5.91 Å². The molecule has 0 aliphatic heterocycles. The molecule has 18 heavy (non-hydrogen) atoms. The van der Waals surface area contributed by atoms with Gasteiger partial charge in [-0.25, -0.2) is 0 Å². The van der Waals surface area contributed by atoms with Gasteiger partial charge >= 0.3 is 0 Å². The molecule has 0 saturated heterocycles. The third-order valence-corrected chi connectivity index (χ3v) is 2.29. The fourth-order valence-corrected chi connectivity index (χ4v) is 1.51. The van der Waals surface area contributed by atoms with E-state index in [1.54, 1.807) is 30.3 Å². The van der Waals surface area contributed by atoms with Gasteiger partial charge in [0.2, 0.25) is 0 Å². The molecule has 1 amide bonds. The first-order valence-corrected chi connectivity index (χ1v) is 5.63. The van der Waals surface area contributed by atoms with Crippen molar-refractivity contribution in [3.63, 3.8) is 0 Å². The zero-order chi connectivity index (χ0) is 13.1. The number of nitrogens with zero attached hydrogens (tertiary/aromatic N) is 1. The van der Waals surface area contributed by atoms with Crippen molar-refractivity contribution in [2.24, 2.45) is 0 Å². The van der Waals surface area contributed by atoms with E-state index in [4.69, 9.17) is 4.52 Å². The Labute approximate surface area is 104 Å². The van der Waals surface area contributed by atoms with Crippen LogP contribution in [-0.2, 0) is 0 Å². The zero-order valence-electron chi connectivity index (χ0n) is 10.2. The molecule has 0 radical (unpaired) electrons. The van der Waals surface area contributed by atoms with E-state index in [1.165, 1.54) is 0 Å². The number of hydrogen-bond acceptors (Lipinski definition) is 4. The van der Waals surface area contributed by atoms with Crippen LogP contribution < -0.4 is 5.32 Å². The minimum absolute atomic E-state index is 0.0402. The largest absolute Gasteiger partial charge is 0.508 e. The van der Waals surface area contributed by atoms with E-state index >= 15 is 0 Å². The summed E-state index contributed by atoms with van der Waals surface area (Å²) >= 11 is 0. The minimum Gasteiger partial charge on any atom is -0.508 e. The maximum absolute atomic E-state index is 11.7. The van der Waals surface area contributed by atoms with Crippen molar-refractivity contribution < 1.29 is 14.4 Å². The average Bonchev–Trinajstić information content (AvgIpc) is 2.77. The van der Waals surface area contributed by atoms with Gasteiger partial charge in [-0.3, -0.25) is 4.79 Å². The number of carbonyl (C=O) groups is 1. The van der Waals surface area contributed by atoms with Crippen molar-refractivity contribution in [1.82, 2.24) is 10.5 Å². The molecule has 2 aromatic rings. The SMILES string of the molecule is CC(C)NC(=O)c1cc(-c2cccc(O)c2)on1. The molecule has 0 atom stereocenters. The second-order valence-electron chi connectivity index (χ2n) is 4.25. The monoisotopic (exact) mass is 246 g/mol. The van der Waals surface area contributed by atoms with Crippen molar-refractivity contribution >= 4 is 5.91 Å². The standard InChI is InChI=1S/C13H14N2O3/c1-8(2)14-13(17)11-7-12(18-15-11)9-4-3-5-10(16)6-9/h3-8,16H,1-2H3,(H,14,17). The molecule has 0 aliphatic rings. The Hall–Kier alpha value is -2.30. The lowest BCUT2D eigenvalue weighted by Crippen LogP contribution is -2.30. The molecule has 0 spiro atoms.